The lowest BCUT2D eigenvalue weighted by molar-refractivity contribution is 0.196. The molecular formula is C14H21N3O. The van der Waals surface area contributed by atoms with Crippen molar-refractivity contribution in [3.05, 3.63) is 29.8 Å². The number of likely N-dealkylation sites (tertiary alicyclic amines) is 1. The first-order valence-electron chi connectivity index (χ1n) is 6.38. The zero-order chi connectivity index (χ0) is 13.0. The number of hydrogen-bond acceptors (Lipinski definition) is 3. The van der Waals surface area contributed by atoms with Crippen molar-refractivity contribution in [3.63, 3.8) is 0 Å². The van der Waals surface area contributed by atoms with Crippen LogP contribution in [0, 0.1) is 11.3 Å². The van der Waals surface area contributed by atoms with Crippen molar-refractivity contribution in [2.24, 2.45) is 11.7 Å². The molecule has 0 amide bonds. The van der Waals surface area contributed by atoms with Gasteiger partial charge in [-0.1, -0.05) is 12.1 Å². The molecule has 3 N–H and O–H groups in total. The number of benzene rings is 1. The molecule has 18 heavy (non-hydrogen) atoms. The maximum Gasteiger partial charge on any atom is 0.118 e. The molecule has 1 aromatic carbocycles. The predicted octanol–water partition coefficient (Wildman–Crippen LogP) is 1.84. The summed E-state index contributed by atoms with van der Waals surface area (Å²) in [6.07, 6.45) is 2.18. The first kappa shape index (κ1) is 12.9. The second-order valence-electron chi connectivity index (χ2n) is 4.88. The Kier molecular flexibility index (Phi) is 4.20. The van der Waals surface area contributed by atoms with E-state index in [0.717, 1.165) is 38.2 Å². The summed E-state index contributed by atoms with van der Waals surface area (Å²) in [4.78, 5) is 2.37. The van der Waals surface area contributed by atoms with E-state index in [2.05, 4.69) is 17.0 Å². The van der Waals surface area contributed by atoms with Gasteiger partial charge in [0.05, 0.1) is 12.9 Å². The maximum atomic E-state index is 7.55. The molecule has 0 aromatic heterocycles. The van der Waals surface area contributed by atoms with Crippen LogP contribution in [-0.4, -0.2) is 30.9 Å². The maximum absolute atomic E-state index is 7.55. The molecular weight excluding hydrogens is 226 g/mol. The highest BCUT2D eigenvalue weighted by Crippen LogP contribution is 2.19. The van der Waals surface area contributed by atoms with Crippen molar-refractivity contribution in [2.45, 2.75) is 19.4 Å². The lowest BCUT2D eigenvalue weighted by Gasteiger charge is -2.32. The average Bonchev–Trinajstić information content (AvgIpc) is 2.40. The molecule has 4 nitrogen and oxygen atoms in total. The van der Waals surface area contributed by atoms with E-state index in [9.17, 15) is 0 Å². The van der Waals surface area contributed by atoms with Gasteiger partial charge in [0.15, 0.2) is 0 Å². The molecule has 0 saturated carbocycles. The molecule has 1 saturated heterocycles. The summed E-state index contributed by atoms with van der Waals surface area (Å²) in [5.74, 6) is 1.45. The largest absolute Gasteiger partial charge is 0.497 e. The molecule has 1 aliphatic rings. The van der Waals surface area contributed by atoms with E-state index in [-0.39, 0.29) is 5.92 Å². The fraction of sp³-hybridized carbons (Fsp3) is 0.500. The van der Waals surface area contributed by atoms with Crippen molar-refractivity contribution >= 4 is 5.84 Å². The number of rotatable bonds is 4. The SMILES string of the molecule is COc1ccc(CN2CCCC(C(=N)N)C2)cc1. The highest BCUT2D eigenvalue weighted by molar-refractivity contribution is 5.79. The molecule has 1 atom stereocenters. The van der Waals surface area contributed by atoms with Gasteiger partial charge in [-0.25, -0.2) is 0 Å². The van der Waals surface area contributed by atoms with Gasteiger partial charge in [0, 0.05) is 19.0 Å². The van der Waals surface area contributed by atoms with Crippen molar-refractivity contribution < 1.29 is 4.74 Å². The van der Waals surface area contributed by atoms with E-state index in [1.807, 2.05) is 12.1 Å². The second kappa shape index (κ2) is 5.87. The number of nitrogens with two attached hydrogens (primary N) is 1. The van der Waals surface area contributed by atoms with Gasteiger partial charge in [0.1, 0.15) is 5.75 Å². The van der Waals surface area contributed by atoms with Crippen LogP contribution in [0.25, 0.3) is 0 Å². The molecule has 0 bridgehead atoms. The Morgan fingerprint density at radius 3 is 2.78 bits per heavy atom. The van der Waals surface area contributed by atoms with Crippen LogP contribution < -0.4 is 10.5 Å². The monoisotopic (exact) mass is 247 g/mol. The van der Waals surface area contributed by atoms with Gasteiger partial charge in [-0.2, -0.15) is 0 Å². The number of hydrogen-bond donors (Lipinski definition) is 2. The lowest BCUT2D eigenvalue weighted by atomic mass is 9.96. The van der Waals surface area contributed by atoms with Gasteiger partial charge < -0.3 is 10.5 Å². The Morgan fingerprint density at radius 2 is 2.17 bits per heavy atom. The van der Waals surface area contributed by atoms with Gasteiger partial charge in [-0.05, 0) is 37.1 Å². The zero-order valence-electron chi connectivity index (χ0n) is 10.9. The molecule has 98 valence electrons. The Balaban J connectivity index is 1.93. The number of amidine groups is 1. The van der Waals surface area contributed by atoms with Crippen LogP contribution in [0.5, 0.6) is 5.75 Å². The van der Waals surface area contributed by atoms with Crippen molar-refractivity contribution in [1.82, 2.24) is 4.90 Å². The van der Waals surface area contributed by atoms with Crippen LogP contribution >= 0.6 is 0 Å². The molecule has 0 spiro atoms. The third-order valence-electron chi connectivity index (χ3n) is 3.51. The first-order chi connectivity index (χ1) is 8.69. The highest BCUT2D eigenvalue weighted by atomic mass is 16.5. The van der Waals surface area contributed by atoms with Crippen LogP contribution in [0.1, 0.15) is 18.4 Å². The Bertz CT molecular complexity index is 402. The highest BCUT2D eigenvalue weighted by Gasteiger charge is 2.21. The number of nitrogens with zero attached hydrogens (tertiary/aromatic N) is 1. The molecule has 1 aliphatic heterocycles. The lowest BCUT2D eigenvalue weighted by Crippen LogP contribution is -2.40. The summed E-state index contributed by atoms with van der Waals surface area (Å²) in [6, 6.07) is 8.16. The summed E-state index contributed by atoms with van der Waals surface area (Å²) < 4.78 is 5.15. The molecule has 0 radical (unpaired) electrons. The third-order valence-corrected chi connectivity index (χ3v) is 3.51. The molecule has 1 aromatic rings. The molecule has 1 heterocycles. The van der Waals surface area contributed by atoms with E-state index in [0.29, 0.717) is 5.84 Å². The topological polar surface area (TPSA) is 62.3 Å². The quantitative estimate of drug-likeness (QED) is 0.630. The summed E-state index contributed by atoms with van der Waals surface area (Å²) in [6.45, 7) is 2.92. The minimum absolute atomic E-state index is 0.233. The minimum Gasteiger partial charge on any atom is -0.497 e. The standard InChI is InChI=1S/C14H21N3O/c1-18-13-6-4-11(5-7-13)9-17-8-2-3-12(10-17)14(15)16/h4-7,12H,2-3,8-10H2,1H3,(H3,15,16). The van der Waals surface area contributed by atoms with E-state index < -0.39 is 0 Å². The first-order valence-corrected chi connectivity index (χ1v) is 6.38. The van der Waals surface area contributed by atoms with E-state index in [4.69, 9.17) is 15.9 Å². The Morgan fingerprint density at radius 1 is 1.44 bits per heavy atom. The van der Waals surface area contributed by atoms with E-state index >= 15 is 0 Å². The predicted molar refractivity (Wildman–Crippen MR) is 72.9 cm³/mol. The fourth-order valence-corrected chi connectivity index (χ4v) is 2.44. The fourth-order valence-electron chi connectivity index (χ4n) is 2.44. The second-order valence-corrected chi connectivity index (χ2v) is 4.88. The van der Waals surface area contributed by atoms with Crippen molar-refractivity contribution in [1.29, 1.82) is 5.41 Å². The van der Waals surface area contributed by atoms with Crippen LogP contribution in [0.3, 0.4) is 0 Å². The van der Waals surface area contributed by atoms with Crippen molar-refractivity contribution in [2.75, 3.05) is 20.2 Å². The average molecular weight is 247 g/mol. The number of ether oxygens (including phenoxy) is 1. The molecule has 4 heteroatoms. The van der Waals surface area contributed by atoms with Gasteiger partial charge in [-0.15, -0.1) is 0 Å². The zero-order valence-corrected chi connectivity index (χ0v) is 10.9. The molecule has 1 unspecified atom stereocenters. The van der Waals surface area contributed by atoms with Gasteiger partial charge >= 0.3 is 0 Å². The van der Waals surface area contributed by atoms with Crippen LogP contribution in [0.15, 0.2) is 24.3 Å². The van der Waals surface area contributed by atoms with Gasteiger partial charge in [-0.3, -0.25) is 10.3 Å². The molecule has 0 aliphatic carbocycles. The van der Waals surface area contributed by atoms with E-state index in [1.54, 1.807) is 7.11 Å². The minimum atomic E-state index is 0.233. The molecule has 2 rings (SSSR count). The molecule has 1 fully saturated rings. The van der Waals surface area contributed by atoms with Gasteiger partial charge in [0.25, 0.3) is 0 Å². The normalized spacial score (nSPS) is 20.6. The Labute approximate surface area is 108 Å². The smallest absolute Gasteiger partial charge is 0.118 e. The number of methoxy groups -OCH3 is 1. The summed E-state index contributed by atoms with van der Waals surface area (Å²) >= 11 is 0. The van der Waals surface area contributed by atoms with Crippen LogP contribution in [-0.2, 0) is 6.54 Å². The number of piperidine rings is 1. The van der Waals surface area contributed by atoms with Crippen LogP contribution in [0.4, 0.5) is 0 Å². The van der Waals surface area contributed by atoms with E-state index in [1.165, 1.54) is 5.56 Å². The summed E-state index contributed by atoms with van der Waals surface area (Å²) in [5.41, 5.74) is 6.88. The van der Waals surface area contributed by atoms with Gasteiger partial charge in [0.2, 0.25) is 0 Å². The summed E-state index contributed by atoms with van der Waals surface area (Å²) in [7, 11) is 1.68. The summed E-state index contributed by atoms with van der Waals surface area (Å²) in [5, 5.41) is 7.55. The van der Waals surface area contributed by atoms with Crippen LogP contribution in [0.2, 0.25) is 0 Å². The van der Waals surface area contributed by atoms with Crippen molar-refractivity contribution in [3.8, 4) is 5.75 Å². The number of nitrogens with one attached hydrogen (secondary N) is 1. The Hall–Kier alpha value is -1.55. The third kappa shape index (κ3) is 3.23.